The number of benzene rings is 1. The van der Waals surface area contributed by atoms with E-state index in [0.717, 1.165) is 5.56 Å². The monoisotopic (exact) mass is 466 g/mol. The van der Waals surface area contributed by atoms with Gasteiger partial charge >= 0.3 is 6.18 Å². The first-order valence-corrected chi connectivity index (χ1v) is 10.3. The van der Waals surface area contributed by atoms with Gasteiger partial charge in [-0.3, -0.25) is 4.79 Å². The number of alkyl halides is 3. The molecule has 0 spiro atoms. The highest BCUT2D eigenvalue weighted by atomic mass is 19.4. The number of hydrogen-bond acceptors (Lipinski definition) is 6. The maximum Gasteiger partial charge on any atom is 0.417 e. The van der Waals surface area contributed by atoms with Crippen LogP contribution in [0.25, 0.3) is 0 Å². The third kappa shape index (κ3) is 5.68. The van der Waals surface area contributed by atoms with E-state index in [1.54, 1.807) is 19.1 Å². The quantitative estimate of drug-likeness (QED) is 0.303. The normalized spacial score (nSPS) is 17.3. The summed E-state index contributed by atoms with van der Waals surface area (Å²) >= 11 is 0. The van der Waals surface area contributed by atoms with Crippen LogP contribution in [-0.4, -0.2) is 28.2 Å². The van der Waals surface area contributed by atoms with Crippen LogP contribution in [-0.2, 0) is 15.8 Å². The third-order valence-electron chi connectivity index (χ3n) is 5.07. The van der Waals surface area contributed by atoms with Gasteiger partial charge in [0.15, 0.2) is 11.6 Å². The molecule has 0 amide bonds. The fourth-order valence-corrected chi connectivity index (χ4v) is 3.46. The van der Waals surface area contributed by atoms with Crippen molar-refractivity contribution in [2.24, 2.45) is 5.16 Å². The number of carbonyl (C=O) groups excluding carboxylic acids is 1. The lowest BCUT2D eigenvalue weighted by molar-refractivity contribution is -0.138. The van der Waals surface area contributed by atoms with E-state index in [-0.39, 0.29) is 41.6 Å². The van der Waals surface area contributed by atoms with E-state index in [1.165, 1.54) is 12.1 Å². The smallest absolute Gasteiger partial charge is 0.417 e. The van der Waals surface area contributed by atoms with E-state index in [2.05, 4.69) is 10.1 Å². The molecule has 1 unspecified atom stereocenters. The van der Waals surface area contributed by atoms with E-state index < -0.39 is 23.4 Å². The predicted octanol–water partition coefficient (Wildman–Crippen LogP) is 6.09. The van der Waals surface area contributed by atoms with Gasteiger partial charge in [-0.1, -0.05) is 24.2 Å². The van der Waals surface area contributed by atoms with Gasteiger partial charge in [0.1, 0.15) is 18.1 Å². The first-order chi connectivity index (χ1) is 15.6. The van der Waals surface area contributed by atoms with Gasteiger partial charge in [0.25, 0.3) is 5.88 Å². The number of ketones is 1. The SMILES string of the molecule is CCON=C(CC)C1=C(O)CC(c2ccc(Oc3ncc(C(F)(F)F)cc3F)cc2)CC1=O. The van der Waals surface area contributed by atoms with Gasteiger partial charge in [-0.05, 0) is 43.0 Å². The number of rotatable bonds is 7. The van der Waals surface area contributed by atoms with E-state index in [4.69, 9.17) is 9.57 Å². The van der Waals surface area contributed by atoms with E-state index in [0.29, 0.717) is 31.0 Å². The average Bonchev–Trinajstić information content (AvgIpc) is 2.76. The fraction of sp³-hybridized carbons (Fsp3) is 0.348. The number of halogens is 4. The van der Waals surface area contributed by atoms with Crippen molar-refractivity contribution in [3.8, 4) is 11.6 Å². The van der Waals surface area contributed by atoms with Crippen molar-refractivity contribution in [1.82, 2.24) is 4.98 Å². The number of nitrogens with zero attached hydrogens (tertiary/aromatic N) is 2. The molecule has 0 fully saturated rings. The summed E-state index contributed by atoms with van der Waals surface area (Å²) in [6, 6.07) is 6.58. The minimum absolute atomic E-state index is 0.0621. The van der Waals surface area contributed by atoms with Crippen molar-refractivity contribution in [2.75, 3.05) is 6.61 Å². The van der Waals surface area contributed by atoms with E-state index in [1.807, 2.05) is 6.92 Å². The molecule has 6 nitrogen and oxygen atoms in total. The molecule has 2 aromatic rings. The zero-order chi connectivity index (χ0) is 24.2. The third-order valence-corrected chi connectivity index (χ3v) is 5.07. The summed E-state index contributed by atoms with van der Waals surface area (Å²) in [6.45, 7) is 3.92. The van der Waals surface area contributed by atoms with Gasteiger partial charge in [0.2, 0.25) is 0 Å². The highest BCUT2D eigenvalue weighted by Crippen LogP contribution is 2.36. The zero-order valence-corrected chi connectivity index (χ0v) is 17.9. The van der Waals surface area contributed by atoms with Crippen molar-refractivity contribution >= 4 is 11.5 Å². The Morgan fingerprint density at radius 3 is 2.45 bits per heavy atom. The van der Waals surface area contributed by atoms with Crippen molar-refractivity contribution < 1.29 is 37.0 Å². The van der Waals surface area contributed by atoms with Gasteiger partial charge in [-0.2, -0.15) is 13.2 Å². The summed E-state index contributed by atoms with van der Waals surface area (Å²) in [5.74, 6) is -2.27. The summed E-state index contributed by atoms with van der Waals surface area (Å²) in [5, 5.41) is 14.4. The number of ether oxygens (including phenoxy) is 1. The average molecular weight is 466 g/mol. The topological polar surface area (TPSA) is 81.0 Å². The van der Waals surface area contributed by atoms with Crippen LogP contribution in [0.5, 0.6) is 11.6 Å². The number of carbonyl (C=O) groups is 1. The molecule has 1 aromatic carbocycles. The lowest BCUT2D eigenvalue weighted by atomic mass is 9.81. The van der Waals surface area contributed by atoms with Crippen LogP contribution in [0.1, 0.15) is 50.2 Å². The molecule has 0 saturated heterocycles. The lowest BCUT2D eigenvalue weighted by Crippen LogP contribution is -2.23. The van der Waals surface area contributed by atoms with Crippen LogP contribution in [0.4, 0.5) is 17.6 Å². The predicted molar refractivity (Wildman–Crippen MR) is 112 cm³/mol. The van der Waals surface area contributed by atoms with E-state index >= 15 is 0 Å². The number of oxime groups is 1. The second-order valence-electron chi connectivity index (χ2n) is 7.34. The van der Waals surface area contributed by atoms with Gasteiger partial charge in [0.05, 0.1) is 16.8 Å². The number of aliphatic hydroxyl groups is 1. The van der Waals surface area contributed by atoms with Crippen molar-refractivity contribution in [2.45, 2.75) is 45.2 Å². The first-order valence-electron chi connectivity index (χ1n) is 10.3. The number of Topliss-reactive ketones (excluding diaryl/α,β-unsaturated/α-hetero) is 1. The second kappa shape index (κ2) is 10.0. The summed E-state index contributed by atoms with van der Waals surface area (Å²) in [7, 11) is 0. The van der Waals surface area contributed by atoms with Crippen LogP contribution in [0, 0.1) is 5.82 Å². The molecule has 1 aromatic heterocycles. The molecule has 0 bridgehead atoms. The molecule has 176 valence electrons. The number of hydrogen-bond donors (Lipinski definition) is 1. The number of aromatic nitrogens is 1. The second-order valence-corrected chi connectivity index (χ2v) is 7.34. The Hall–Kier alpha value is -3.43. The zero-order valence-electron chi connectivity index (χ0n) is 17.9. The number of pyridine rings is 1. The molecule has 0 aliphatic heterocycles. The summed E-state index contributed by atoms with van der Waals surface area (Å²) in [6.07, 6.45) is -3.41. The number of aliphatic hydroxyl groups excluding tert-OH is 1. The highest BCUT2D eigenvalue weighted by molar-refractivity contribution is 6.23. The van der Waals surface area contributed by atoms with Crippen molar-refractivity contribution in [3.63, 3.8) is 0 Å². The minimum Gasteiger partial charge on any atom is -0.511 e. The van der Waals surface area contributed by atoms with Crippen molar-refractivity contribution in [3.05, 3.63) is 64.8 Å². The summed E-state index contributed by atoms with van der Waals surface area (Å²) in [4.78, 5) is 21.1. The fourth-order valence-electron chi connectivity index (χ4n) is 3.46. The number of allylic oxidation sites excluding steroid dienone is 2. The van der Waals surface area contributed by atoms with Gasteiger partial charge < -0.3 is 14.7 Å². The van der Waals surface area contributed by atoms with Crippen LogP contribution < -0.4 is 4.74 Å². The standard InChI is InChI=1S/C23H22F4N2O4/c1-3-18(29-32-4-2)21-19(30)9-14(10-20(21)31)13-5-7-16(8-6-13)33-22-17(24)11-15(12-28-22)23(25,26)27/h5-8,11-12,14,30H,3-4,9-10H2,1-2H3. The maximum absolute atomic E-state index is 14.0. The molecule has 33 heavy (non-hydrogen) atoms. The molecule has 1 aliphatic rings. The molecule has 1 heterocycles. The molecular weight excluding hydrogens is 444 g/mol. The Bertz CT molecular complexity index is 1080. The lowest BCUT2D eigenvalue weighted by Gasteiger charge is -2.24. The molecule has 1 atom stereocenters. The van der Waals surface area contributed by atoms with Gasteiger partial charge in [-0.15, -0.1) is 0 Å². The van der Waals surface area contributed by atoms with Crippen LogP contribution in [0.15, 0.2) is 53.0 Å². The minimum atomic E-state index is -4.71. The Kier molecular flexibility index (Phi) is 7.35. The molecule has 10 heteroatoms. The molecule has 3 rings (SSSR count). The first kappa shape index (κ1) is 24.2. The van der Waals surface area contributed by atoms with Crippen LogP contribution >= 0.6 is 0 Å². The molecule has 0 saturated carbocycles. The van der Waals surface area contributed by atoms with Gasteiger partial charge in [-0.25, -0.2) is 9.37 Å². The summed E-state index contributed by atoms with van der Waals surface area (Å²) in [5.41, 5.74) is 0.106. The molecule has 0 radical (unpaired) electrons. The molecular formula is C23H22F4N2O4. The van der Waals surface area contributed by atoms with Crippen LogP contribution in [0.3, 0.4) is 0 Å². The van der Waals surface area contributed by atoms with Crippen molar-refractivity contribution in [1.29, 1.82) is 0 Å². The Morgan fingerprint density at radius 1 is 1.21 bits per heavy atom. The largest absolute Gasteiger partial charge is 0.511 e. The van der Waals surface area contributed by atoms with Crippen LogP contribution in [0.2, 0.25) is 0 Å². The Labute approximate surface area is 187 Å². The molecule has 1 N–H and O–H groups in total. The van der Waals surface area contributed by atoms with E-state index in [9.17, 15) is 27.5 Å². The maximum atomic E-state index is 14.0. The van der Waals surface area contributed by atoms with Gasteiger partial charge in [0, 0.05) is 19.0 Å². The Balaban J connectivity index is 1.74. The Morgan fingerprint density at radius 2 is 1.91 bits per heavy atom. The highest BCUT2D eigenvalue weighted by Gasteiger charge is 2.33. The summed E-state index contributed by atoms with van der Waals surface area (Å²) < 4.78 is 57.1. The molecule has 1 aliphatic carbocycles.